The van der Waals surface area contributed by atoms with E-state index in [9.17, 15) is 14.4 Å². The molecule has 1 aliphatic rings. The van der Waals surface area contributed by atoms with E-state index in [4.69, 9.17) is 10.5 Å². The second kappa shape index (κ2) is 5.24. The highest BCUT2D eigenvalue weighted by atomic mass is 79.9. The number of halogens is 1. The summed E-state index contributed by atoms with van der Waals surface area (Å²) < 4.78 is 7.16. The van der Waals surface area contributed by atoms with E-state index >= 15 is 0 Å². The number of benzene rings is 1. The first kappa shape index (κ1) is 15.3. The number of carbonyl (C=O) groups excluding carboxylic acids is 2. The molecule has 0 unspecified atom stereocenters. The molecular weight excluding hydrogens is 366 g/mol. The summed E-state index contributed by atoms with van der Waals surface area (Å²) in [7, 11) is 1.51. The number of hydrogen-bond donors (Lipinski definition) is 2. The van der Waals surface area contributed by atoms with Gasteiger partial charge in [0.15, 0.2) is 0 Å². The largest absolute Gasteiger partial charge is 0.496 e. The highest BCUT2D eigenvalue weighted by molar-refractivity contribution is 9.10. The van der Waals surface area contributed by atoms with Gasteiger partial charge in [-0.25, -0.2) is 0 Å². The quantitative estimate of drug-likeness (QED) is 0.769. The molecular formula is C15H12BrN3O4. The number of nitrogens with zero attached hydrogens (tertiary/aromatic N) is 1. The number of rotatable bonds is 2. The second-order valence-corrected chi connectivity index (χ2v) is 5.94. The molecule has 1 aliphatic heterocycles. The standard InChI is InChI=1S/C15H12BrN3O4/c1-6-9(3-7(16)4-10(6)23-2)19-11(20)5-8-12(13(19)17)15(22)18-14(8)21/h3-5H,17H2,1-2H3,(H,18,21,22). The maximum absolute atomic E-state index is 12.5. The zero-order valence-corrected chi connectivity index (χ0v) is 13.9. The highest BCUT2D eigenvalue weighted by Gasteiger charge is 2.32. The number of ether oxygens (including phenoxy) is 1. The lowest BCUT2D eigenvalue weighted by Gasteiger charge is -2.16. The van der Waals surface area contributed by atoms with Gasteiger partial charge in [-0.2, -0.15) is 0 Å². The van der Waals surface area contributed by atoms with Gasteiger partial charge in [-0.3, -0.25) is 24.3 Å². The van der Waals surface area contributed by atoms with Crippen molar-refractivity contribution in [3.05, 3.63) is 49.7 Å². The molecule has 118 valence electrons. The van der Waals surface area contributed by atoms with Crippen LogP contribution in [0.5, 0.6) is 5.75 Å². The first-order chi connectivity index (χ1) is 10.8. The SMILES string of the molecule is COc1cc(Br)cc(-n2c(N)c3c(cc2=O)C(=O)NC3=O)c1C. The summed E-state index contributed by atoms with van der Waals surface area (Å²) in [6, 6.07) is 4.55. The van der Waals surface area contributed by atoms with E-state index < -0.39 is 17.4 Å². The number of amides is 2. The predicted molar refractivity (Wildman–Crippen MR) is 87.2 cm³/mol. The number of pyridine rings is 1. The number of nitrogens with one attached hydrogen (secondary N) is 1. The van der Waals surface area contributed by atoms with Crippen LogP contribution in [-0.4, -0.2) is 23.5 Å². The van der Waals surface area contributed by atoms with Crippen LogP contribution in [0.2, 0.25) is 0 Å². The number of aromatic nitrogens is 1. The fourth-order valence-electron chi connectivity index (χ4n) is 2.61. The smallest absolute Gasteiger partial charge is 0.262 e. The summed E-state index contributed by atoms with van der Waals surface area (Å²) in [5, 5.41) is 2.13. The fourth-order valence-corrected chi connectivity index (χ4v) is 3.04. The Kier molecular flexibility index (Phi) is 3.48. The summed E-state index contributed by atoms with van der Waals surface area (Å²) in [6.07, 6.45) is 0. The number of nitrogens with two attached hydrogens (primary N) is 1. The second-order valence-electron chi connectivity index (χ2n) is 5.03. The first-order valence-electron chi connectivity index (χ1n) is 6.61. The number of hydrogen-bond acceptors (Lipinski definition) is 5. The van der Waals surface area contributed by atoms with Crippen LogP contribution in [0.25, 0.3) is 5.69 Å². The minimum absolute atomic E-state index is 0.00614. The molecule has 2 amide bonds. The van der Waals surface area contributed by atoms with E-state index in [-0.39, 0.29) is 16.9 Å². The van der Waals surface area contributed by atoms with Crippen molar-refractivity contribution in [1.29, 1.82) is 0 Å². The van der Waals surface area contributed by atoms with Crippen LogP contribution in [0, 0.1) is 6.92 Å². The molecule has 1 aromatic carbocycles. The molecule has 0 saturated carbocycles. The van der Waals surface area contributed by atoms with E-state index in [0.717, 1.165) is 6.07 Å². The lowest BCUT2D eigenvalue weighted by molar-refractivity contribution is 0.0880. The maximum atomic E-state index is 12.5. The monoisotopic (exact) mass is 377 g/mol. The lowest BCUT2D eigenvalue weighted by Crippen LogP contribution is -2.24. The van der Waals surface area contributed by atoms with Gasteiger partial charge >= 0.3 is 0 Å². The Morgan fingerprint density at radius 2 is 1.87 bits per heavy atom. The normalized spacial score (nSPS) is 13.0. The van der Waals surface area contributed by atoms with Crippen LogP contribution in [0.4, 0.5) is 5.82 Å². The number of nitrogen functional groups attached to an aromatic ring is 1. The molecule has 2 aromatic rings. The molecule has 0 fully saturated rings. The summed E-state index contributed by atoms with van der Waals surface area (Å²) in [5.41, 5.74) is 6.66. The van der Waals surface area contributed by atoms with Gasteiger partial charge in [-0.05, 0) is 19.1 Å². The van der Waals surface area contributed by atoms with Crippen LogP contribution in [-0.2, 0) is 0 Å². The van der Waals surface area contributed by atoms with E-state index in [2.05, 4.69) is 21.2 Å². The topological polar surface area (TPSA) is 103 Å². The zero-order chi connectivity index (χ0) is 16.9. The van der Waals surface area contributed by atoms with Crippen molar-refractivity contribution in [2.45, 2.75) is 6.92 Å². The van der Waals surface area contributed by atoms with Crippen LogP contribution in [0.15, 0.2) is 27.5 Å². The van der Waals surface area contributed by atoms with Crippen LogP contribution >= 0.6 is 15.9 Å². The van der Waals surface area contributed by atoms with Crippen LogP contribution < -0.4 is 21.3 Å². The molecule has 7 nitrogen and oxygen atoms in total. The molecule has 8 heteroatoms. The minimum atomic E-state index is -0.621. The molecule has 0 bridgehead atoms. The van der Waals surface area contributed by atoms with Gasteiger partial charge in [0.2, 0.25) is 0 Å². The summed E-state index contributed by atoms with van der Waals surface area (Å²) in [5.74, 6) is -0.763. The van der Waals surface area contributed by atoms with Crippen molar-refractivity contribution in [3.8, 4) is 11.4 Å². The van der Waals surface area contributed by atoms with Gasteiger partial charge in [0.1, 0.15) is 11.6 Å². The molecule has 0 aliphatic carbocycles. The Morgan fingerprint density at radius 1 is 1.17 bits per heavy atom. The third-order valence-electron chi connectivity index (χ3n) is 3.71. The van der Waals surface area contributed by atoms with Gasteiger partial charge in [0, 0.05) is 16.1 Å². The maximum Gasteiger partial charge on any atom is 0.262 e. The Bertz CT molecular complexity index is 933. The number of methoxy groups -OCH3 is 1. The van der Waals surface area contributed by atoms with Gasteiger partial charge in [-0.1, -0.05) is 15.9 Å². The minimum Gasteiger partial charge on any atom is -0.496 e. The van der Waals surface area contributed by atoms with Crippen LogP contribution in [0.1, 0.15) is 26.3 Å². The Labute approximate surface area is 139 Å². The molecule has 0 atom stereocenters. The van der Waals surface area contributed by atoms with E-state index in [1.807, 2.05) is 0 Å². The number of anilines is 1. The Hall–Kier alpha value is -2.61. The molecule has 23 heavy (non-hydrogen) atoms. The summed E-state index contributed by atoms with van der Waals surface area (Å²) in [4.78, 5) is 36.0. The Balaban J connectivity index is 2.38. The highest BCUT2D eigenvalue weighted by Crippen LogP contribution is 2.31. The first-order valence-corrected chi connectivity index (χ1v) is 7.40. The third kappa shape index (κ3) is 2.22. The molecule has 0 spiro atoms. The predicted octanol–water partition coefficient (Wildman–Crippen LogP) is 1.38. The molecule has 0 radical (unpaired) electrons. The average molecular weight is 378 g/mol. The number of carbonyl (C=O) groups is 2. The van der Waals surface area contributed by atoms with Gasteiger partial charge < -0.3 is 10.5 Å². The number of imide groups is 1. The molecule has 2 heterocycles. The van der Waals surface area contributed by atoms with Gasteiger partial charge in [0.25, 0.3) is 17.4 Å². The summed E-state index contributed by atoms with van der Waals surface area (Å²) >= 11 is 3.35. The molecule has 0 saturated heterocycles. The van der Waals surface area contributed by atoms with Crippen molar-refractivity contribution < 1.29 is 14.3 Å². The van der Waals surface area contributed by atoms with Gasteiger partial charge in [-0.15, -0.1) is 0 Å². The zero-order valence-electron chi connectivity index (χ0n) is 12.3. The third-order valence-corrected chi connectivity index (χ3v) is 4.17. The average Bonchev–Trinajstić information content (AvgIpc) is 2.76. The van der Waals surface area contributed by atoms with Gasteiger partial charge in [0.05, 0.1) is 23.9 Å². The lowest BCUT2D eigenvalue weighted by atomic mass is 10.1. The number of fused-ring (bicyclic) bond motifs is 1. The molecule has 3 rings (SSSR count). The van der Waals surface area contributed by atoms with E-state index in [1.165, 1.54) is 11.7 Å². The molecule has 3 N–H and O–H groups in total. The Morgan fingerprint density at radius 3 is 2.52 bits per heavy atom. The van der Waals surface area contributed by atoms with Crippen molar-refractivity contribution in [2.75, 3.05) is 12.8 Å². The van der Waals surface area contributed by atoms with Crippen molar-refractivity contribution >= 4 is 33.6 Å². The fraction of sp³-hybridized carbons (Fsp3) is 0.133. The van der Waals surface area contributed by atoms with Crippen molar-refractivity contribution in [3.63, 3.8) is 0 Å². The van der Waals surface area contributed by atoms with E-state index in [1.54, 1.807) is 19.1 Å². The van der Waals surface area contributed by atoms with Crippen molar-refractivity contribution in [1.82, 2.24) is 9.88 Å². The van der Waals surface area contributed by atoms with Crippen LogP contribution in [0.3, 0.4) is 0 Å². The van der Waals surface area contributed by atoms with E-state index in [0.29, 0.717) is 21.5 Å². The summed E-state index contributed by atoms with van der Waals surface area (Å²) in [6.45, 7) is 1.77. The molecule has 1 aromatic heterocycles. The van der Waals surface area contributed by atoms with Crippen molar-refractivity contribution in [2.24, 2.45) is 0 Å².